The van der Waals surface area contributed by atoms with Gasteiger partial charge in [0.1, 0.15) is 11.5 Å². The van der Waals surface area contributed by atoms with Crippen LogP contribution in [0.5, 0.6) is 0 Å². The largest absolute Gasteiger partial charge is 0.465 e. The molecule has 1 atom stereocenters. The average molecular weight is 410 g/mol. The molecule has 1 aromatic heterocycles. The van der Waals surface area contributed by atoms with Gasteiger partial charge in [-0.3, -0.25) is 4.79 Å². The van der Waals surface area contributed by atoms with E-state index in [1.54, 1.807) is 0 Å². The zero-order chi connectivity index (χ0) is 21.8. The minimum absolute atomic E-state index is 0.116. The van der Waals surface area contributed by atoms with Gasteiger partial charge in [-0.2, -0.15) is 0 Å². The van der Waals surface area contributed by atoms with Crippen molar-refractivity contribution in [3.63, 3.8) is 0 Å². The highest BCUT2D eigenvalue weighted by Gasteiger charge is 2.25. The van der Waals surface area contributed by atoms with Crippen LogP contribution in [-0.2, 0) is 6.42 Å². The lowest BCUT2D eigenvalue weighted by Gasteiger charge is -2.20. The molecule has 0 bridgehead atoms. The number of furan rings is 1. The molecular weight excluding hydrogens is 382 g/mol. The Morgan fingerprint density at radius 3 is 2.06 bits per heavy atom. The first-order chi connectivity index (χ1) is 15.0. The molecule has 156 valence electrons. The first-order valence-corrected chi connectivity index (χ1v) is 10.6. The summed E-state index contributed by atoms with van der Waals surface area (Å²) in [7, 11) is 0. The molecule has 3 nitrogen and oxygen atoms in total. The van der Waals surface area contributed by atoms with E-state index in [0.717, 1.165) is 22.5 Å². The summed E-state index contributed by atoms with van der Waals surface area (Å²) in [5, 5.41) is 3.27. The number of nitrogens with one attached hydrogen (secondary N) is 1. The van der Waals surface area contributed by atoms with Crippen molar-refractivity contribution in [1.29, 1.82) is 0 Å². The van der Waals surface area contributed by atoms with E-state index in [1.807, 2.05) is 62.4 Å². The number of hydrogen-bond donors (Lipinski definition) is 1. The molecule has 3 heteroatoms. The van der Waals surface area contributed by atoms with E-state index < -0.39 is 0 Å². The van der Waals surface area contributed by atoms with Crippen LogP contribution < -0.4 is 5.32 Å². The normalized spacial score (nSPS) is 11.8. The van der Waals surface area contributed by atoms with Crippen LogP contribution in [-0.4, -0.2) is 5.91 Å². The van der Waals surface area contributed by atoms with Crippen molar-refractivity contribution in [2.75, 3.05) is 0 Å². The fraction of sp³-hybridized carbons (Fsp3) is 0.179. The number of rotatable bonds is 6. The van der Waals surface area contributed by atoms with E-state index in [4.69, 9.17) is 4.42 Å². The topological polar surface area (TPSA) is 42.2 Å². The molecule has 0 saturated carbocycles. The van der Waals surface area contributed by atoms with Crippen LogP contribution in [0.4, 0.5) is 0 Å². The minimum Gasteiger partial charge on any atom is -0.465 e. The molecule has 0 aliphatic heterocycles. The van der Waals surface area contributed by atoms with Crippen molar-refractivity contribution < 1.29 is 9.21 Å². The van der Waals surface area contributed by atoms with Gasteiger partial charge >= 0.3 is 0 Å². The van der Waals surface area contributed by atoms with Crippen LogP contribution in [0, 0.1) is 20.8 Å². The van der Waals surface area contributed by atoms with Crippen molar-refractivity contribution in [3.8, 4) is 11.1 Å². The Bertz CT molecular complexity index is 1160. The SMILES string of the molecule is Cc1ccc(-c2c(C)oc(C)c2C(=O)NC(Cc2ccccc2)c2ccccc2)cc1. The van der Waals surface area contributed by atoms with Crippen molar-refractivity contribution >= 4 is 5.91 Å². The van der Waals surface area contributed by atoms with Gasteiger partial charge in [0.2, 0.25) is 0 Å². The summed E-state index contributed by atoms with van der Waals surface area (Å²) in [4.78, 5) is 13.5. The van der Waals surface area contributed by atoms with Gasteiger partial charge in [-0.1, -0.05) is 90.5 Å². The molecule has 0 saturated heterocycles. The van der Waals surface area contributed by atoms with Gasteiger partial charge in [0, 0.05) is 5.56 Å². The number of carbonyl (C=O) groups excluding carboxylic acids is 1. The van der Waals surface area contributed by atoms with Crippen LogP contribution in [0.3, 0.4) is 0 Å². The summed E-state index contributed by atoms with van der Waals surface area (Å²) in [5.74, 6) is 1.28. The Balaban J connectivity index is 1.69. The zero-order valence-corrected chi connectivity index (χ0v) is 18.2. The molecule has 3 aromatic carbocycles. The summed E-state index contributed by atoms with van der Waals surface area (Å²) < 4.78 is 5.90. The van der Waals surface area contributed by atoms with Crippen molar-refractivity contribution in [1.82, 2.24) is 5.32 Å². The Morgan fingerprint density at radius 2 is 1.42 bits per heavy atom. The molecule has 0 radical (unpaired) electrons. The molecular formula is C28H27NO2. The maximum Gasteiger partial charge on any atom is 0.255 e. The number of carbonyl (C=O) groups is 1. The molecule has 4 rings (SSSR count). The lowest BCUT2D eigenvalue weighted by Crippen LogP contribution is -2.30. The third kappa shape index (κ3) is 4.61. The highest BCUT2D eigenvalue weighted by atomic mass is 16.3. The maximum atomic E-state index is 13.5. The van der Waals surface area contributed by atoms with E-state index in [1.165, 1.54) is 11.1 Å². The van der Waals surface area contributed by atoms with Crippen LogP contribution in [0.1, 0.15) is 44.6 Å². The third-order valence-corrected chi connectivity index (χ3v) is 5.62. The average Bonchev–Trinajstić information content (AvgIpc) is 3.09. The highest BCUT2D eigenvalue weighted by Crippen LogP contribution is 2.33. The molecule has 1 unspecified atom stereocenters. The number of amides is 1. The third-order valence-electron chi connectivity index (χ3n) is 5.62. The first kappa shape index (κ1) is 20.7. The van der Waals surface area contributed by atoms with E-state index in [9.17, 15) is 4.79 Å². The summed E-state index contributed by atoms with van der Waals surface area (Å²) in [6, 6.07) is 28.4. The van der Waals surface area contributed by atoms with Crippen molar-refractivity contribution in [2.45, 2.75) is 33.2 Å². The summed E-state index contributed by atoms with van der Waals surface area (Å²) in [6.45, 7) is 5.82. The van der Waals surface area contributed by atoms with Gasteiger partial charge in [-0.05, 0) is 43.9 Å². The Hall–Kier alpha value is -3.59. The highest BCUT2D eigenvalue weighted by molar-refractivity contribution is 6.02. The molecule has 1 amide bonds. The summed E-state index contributed by atoms with van der Waals surface area (Å²) in [5.41, 5.74) is 5.89. The molecule has 4 aromatic rings. The monoisotopic (exact) mass is 409 g/mol. The van der Waals surface area contributed by atoms with E-state index in [-0.39, 0.29) is 11.9 Å². The fourth-order valence-electron chi connectivity index (χ4n) is 4.04. The maximum absolute atomic E-state index is 13.5. The lowest BCUT2D eigenvalue weighted by atomic mass is 9.96. The van der Waals surface area contributed by atoms with Crippen molar-refractivity contribution in [3.05, 3.63) is 119 Å². The van der Waals surface area contributed by atoms with Crippen LogP contribution in [0.25, 0.3) is 11.1 Å². The predicted octanol–water partition coefficient (Wildman–Crippen LogP) is 6.59. The van der Waals surface area contributed by atoms with Crippen LogP contribution in [0.15, 0.2) is 89.3 Å². The zero-order valence-electron chi connectivity index (χ0n) is 18.2. The second kappa shape index (κ2) is 9.05. The second-order valence-electron chi connectivity index (χ2n) is 7.96. The summed E-state index contributed by atoms with van der Waals surface area (Å²) >= 11 is 0. The molecule has 31 heavy (non-hydrogen) atoms. The van der Waals surface area contributed by atoms with Gasteiger partial charge in [0.05, 0.1) is 11.6 Å². The molecule has 0 spiro atoms. The van der Waals surface area contributed by atoms with E-state index in [2.05, 4.69) is 48.6 Å². The lowest BCUT2D eigenvalue weighted by molar-refractivity contribution is 0.0935. The standard InChI is InChI=1S/C28H27NO2/c1-19-14-16-24(17-15-19)26-20(2)31-21(3)27(26)28(30)29-25(23-12-8-5-9-13-23)18-22-10-6-4-7-11-22/h4-17,25H,18H2,1-3H3,(H,29,30). The second-order valence-corrected chi connectivity index (χ2v) is 7.96. The van der Waals surface area contributed by atoms with Crippen LogP contribution >= 0.6 is 0 Å². The Labute approximate surface area is 183 Å². The van der Waals surface area contributed by atoms with Gasteiger partial charge in [-0.15, -0.1) is 0 Å². The summed E-state index contributed by atoms with van der Waals surface area (Å²) in [6.07, 6.45) is 0.715. The predicted molar refractivity (Wildman–Crippen MR) is 125 cm³/mol. The molecule has 1 N–H and O–H groups in total. The number of aryl methyl sites for hydroxylation is 3. The fourth-order valence-corrected chi connectivity index (χ4v) is 4.04. The molecule has 1 heterocycles. The van der Waals surface area contributed by atoms with Crippen molar-refractivity contribution in [2.24, 2.45) is 0 Å². The molecule has 0 aliphatic carbocycles. The number of hydrogen-bond acceptors (Lipinski definition) is 2. The van der Waals surface area contributed by atoms with Gasteiger partial charge in [0.15, 0.2) is 0 Å². The van der Waals surface area contributed by atoms with Gasteiger partial charge in [0.25, 0.3) is 5.91 Å². The first-order valence-electron chi connectivity index (χ1n) is 10.6. The molecule has 0 aliphatic rings. The minimum atomic E-state index is -0.142. The Morgan fingerprint density at radius 1 is 0.806 bits per heavy atom. The van der Waals surface area contributed by atoms with E-state index in [0.29, 0.717) is 17.7 Å². The van der Waals surface area contributed by atoms with Crippen LogP contribution in [0.2, 0.25) is 0 Å². The van der Waals surface area contributed by atoms with Gasteiger partial charge in [-0.25, -0.2) is 0 Å². The smallest absolute Gasteiger partial charge is 0.255 e. The molecule has 0 fully saturated rings. The van der Waals surface area contributed by atoms with Gasteiger partial charge < -0.3 is 9.73 Å². The Kier molecular flexibility index (Phi) is 6.03. The van der Waals surface area contributed by atoms with E-state index >= 15 is 0 Å². The quantitative estimate of drug-likeness (QED) is 0.390. The number of benzene rings is 3.